The third-order valence-corrected chi connectivity index (χ3v) is 4.08. The van der Waals surface area contributed by atoms with E-state index in [-0.39, 0.29) is 11.2 Å². The van der Waals surface area contributed by atoms with Crippen molar-refractivity contribution in [1.82, 2.24) is 5.32 Å². The van der Waals surface area contributed by atoms with Gasteiger partial charge in [-0.05, 0) is 48.9 Å². The van der Waals surface area contributed by atoms with Crippen molar-refractivity contribution in [1.29, 1.82) is 0 Å². The van der Waals surface area contributed by atoms with Gasteiger partial charge in [0, 0.05) is 6.04 Å². The average Bonchev–Trinajstić information content (AvgIpc) is 2.73. The van der Waals surface area contributed by atoms with Gasteiger partial charge in [0.15, 0.2) is 11.6 Å². The lowest BCUT2D eigenvalue weighted by molar-refractivity contribution is 0.383. The van der Waals surface area contributed by atoms with Gasteiger partial charge in [0.1, 0.15) is 0 Å². The zero-order valence-electron chi connectivity index (χ0n) is 11.4. The molecule has 2 atom stereocenters. The van der Waals surface area contributed by atoms with Crippen LogP contribution in [0.1, 0.15) is 38.7 Å². The Morgan fingerprint density at radius 2 is 2.28 bits per heavy atom. The zero-order chi connectivity index (χ0) is 13.2. The maximum absolute atomic E-state index is 13.8. The second-order valence-electron chi connectivity index (χ2n) is 5.41. The maximum atomic E-state index is 13.8. The quantitative estimate of drug-likeness (QED) is 0.887. The van der Waals surface area contributed by atoms with Crippen molar-refractivity contribution >= 4 is 0 Å². The molecule has 1 aromatic rings. The summed E-state index contributed by atoms with van der Waals surface area (Å²) in [5.41, 5.74) is 1.17. The molecular formula is C15H22FNO. The summed E-state index contributed by atoms with van der Waals surface area (Å²) in [6.07, 6.45) is 3.35. The molecule has 2 unspecified atom stereocenters. The van der Waals surface area contributed by atoms with E-state index in [1.54, 1.807) is 12.1 Å². The summed E-state index contributed by atoms with van der Waals surface area (Å²) in [6, 6.07) is 5.92. The van der Waals surface area contributed by atoms with Gasteiger partial charge in [-0.15, -0.1) is 0 Å². The molecule has 1 aliphatic carbocycles. The smallest absolute Gasteiger partial charge is 0.165 e. The van der Waals surface area contributed by atoms with Crippen molar-refractivity contribution < 1.29 is 9.13 Å². The van der Waals surface area contributed by atoms with Crippen LogP contribution in [0.4, 0.5) is 4.39 Å². The second kappa shape index (κ2) is 5.27. The maximum Gasteiger partial charge on any atom is 0.165 e. The highest BCUT2D eigenvalue weighted by Crippen LogP contribution is 2.41. The predicted octanol–water partition coefficient (Wildman–Crippen LogP) is 3.25. The van der Waals surface area contributed by atoms with E-state index in [0.29, 0.717) is 11.8 Å². The highest BCUT2D eigenvalue weighted by atomic mass is 19.1. The Labute approximate surface area is 109 Å². The van der Waals surface area contributed by atoms with Gasteiger partial charge in [0.25, 0.3) is 0 Å². The number of rotatable bonds is 4. The molecule has 0 amide bonds. The van der Waals surface area contributed by atoms with E-state index in [1.165, 1.54) is 7.11 Å². The highest BCUT2D eigenvalue weighted by molar-refractivity contribution is 5.34. The topological polar surface area (TPSA) is 21.3 Å². The molecule has 2 rings (SSSR count). The Kier molecular flexibility index (Phi) is 3.91. The molecule has 0 heterocycles. The van der Waals surface area contributed by atoms with Crippen molar-refractivity contribution in [3.63, 3.8) is 0 Å². The van der Waals surface area contributed by atoms with E-state index >= 15 is 0 Å². The van der Waals surface area contributed by atoms with Crippen LogP contribution in [0.15, 0.2) is 18.2 Å². The first kappa shape index (κ1) is 13.3. The summed E-state index contributed by atoms with van der Waals surface area (Å²) >= 11 is 0. The summed E-state index contributed by atoms with van der Waals surface area (Å²) in [7, 11) is 1.50. The molecule has 0 radical (unpaired) electrons. The molecule has 0 aliphatic heterocycles. The SMILES string of the molecule is CCNC1CCC(C)(c2ccc(OC)c(F)c2)C1. The van der Waals surface area contributed by atoms with E-state index in [1.807, 2.05) is 6.07 Å². The van der Waals surface area contributed by atoms with Crippen molar-refractivity contribution in [2.24, 2.45) is 0 Å². The van der Waals surface area contributed by atoms with Crippen LogP contribution >= 0.6 is 0 Å². The summed E-state index contributed by atoms with van der Waals surface area (Å²) < 4.78 is 18.7. The van der Waals surface area contributed by atoms with Crippen LogP contribution in [0.2, 0.25) is 0 Å². The van der Waals surface area contributed by atoms with Crippen LogP contribution in [-0.2, 0) is 5.41 Å². The van der Waals surface area contributed by atoms with Crippen LogP contribution < -0.4 is 10.1 Å². The van der Waals surface area contributed by atoms with Gasteiger partial charge in [-0.3, -0.25) is 0 Å². The van der Waals surface area contributed by atoms with Crippen LogP contribution in [0.3, 0.4) is 0 Å². The third kappa shape index (κ3) is 2.51. The fourth-order valence-electron chi connectivity index (χ4n) is 3.01. The number of hydrogen-bond acceptors (Lipinski definition) is 2. The van der Waals surface area contributed by atoms with Crippen molar-refractivity contribution in [3.8, 4) is 5.75 Å². The van der Waals surface area contributed by atoms with Crippen molar-refractivity contribution in [2.75, 3.05) is 13.7 Å². The standard InChI is InChI=1S/C15H22FNO/c1-4-17-12-7-8-15(2,10-12)11-5-6-14(18-3)13(16)9-11/h5-6,9,12,17H,4,7-8,10H2,1-3H3. The Morgan fingerprint density at radius 3 is 2.89 bits per heavy atom. The first-order valence-electron chi connectivity index (χ1n) is 6.66. The van der Waals surface area contributed by atoms with E-state index in [9.17, 15) is 4.39 Å². The number of ether oxygens (including phenoxy) is 1. The minimum atomic E-state index is -0.261. The fourth-order valence-corrected chi connectivity index (χ4v) is 3.01. The predicted molar refractivity (Wildman–Crippen MR) is 71.6 cm³/mol. The van der Waals surface area contributed by atoms with Gasteiger partial charge < -0.3 is 10.1 Å². The molecule has 1 aromatic carbocycles. The lowest BCUT2D eigenvalue weighted by Crippen LogP contribution is -2.28. The Hall–Kier alpha value is -1.09. The molecule has 1 aliphatic rings. The van der Waals surface area contributed by atoms with E-state index in [0.717, 1.165) is 31.4 Å². The largest absolute Gasteiger partial charge is 0.494 e. The normalized spacial score (nSPS) is 27.4. The molecule has 0 aromatic heterocycles. The van der Waals surface area contributed by atoms with Crippen LogP contribution in [0.25, 0.3) is 0 Å². The Morgan fingerprint density at radius 1 is 1.50 bits per heavy atom. The monoisotopic (exact) mass is 251 g/mol. The lowest BCUT2D eigenvalue weighted by atomic mass is 9.81. The number of hydrogen-bond donors (Lipinski definition) is 1. The number of nitrogens with one attached hydrogen (secondary N) is 1. The van der Waals surface area contributed by atoms with Gasteiger partial charge >= 0.3 is 0 Å². The molecular weight excluding hydrogens is 229 g/mol. The third-order valence-electron chi connectivity index (χ3n) is 4.08. The van der Waals surface area contributed by atoms with Gasteiger partial charge in [-0.2, -0.15) is 0 Å². The van der Waals surface area contributed by atoms with Crippen molar-refractivity contribution in [3.05, 3.63) is 29.6 Å². The summed E-state index contributed by atoms with van der Waals surface area (Å²) in [6.45, 7) is 5.35. The fraction of sp³-hybridized carbons (Fsp3) is 0.600. The van der Waals surface area contributed by atoms with Crippen LogP contribution in [0, 0.1) is 5.82 Å². The number of methoxy groups -OCH3 is 1. The summed E-state index contributed by atoms with van der Waals surface area (Å²) in [4.78, 5) is 0. The van der Waals surface area contributed by atoms with E-state index in [4.69, 9.17) is 4.74 Å². The zero-order valence-corrected chi connectivity index (χ0v) is 11.4. The first-order chi connectivity index (χ1) is 8.59. The molecule has 0 spiro atoms. The molecule has 18 heavy (non-hydrogen) atoms. The van der Waals surface area contributed by atoms with Gasteiger partial charge in [0.05, 0.1) is 7.11 Å². The molecule has 100 valence electrons. The molecule has 1 fully saturated rings. The second-order valence-corrected chi connectivity index (χ2v) is 5.41. The number of halogens is 1. The Bertz CT molecular complexity index is 421. The minimum absolute atomic E-state index is 0.0833. The number of benzene rings is 1. The van der Waals surface area contributed by atoms with Crippen molar-refractivity contribution in [2.45, 2.75) is 44.6 Å². The van der Waals surface area contributed by atoms with E-state index in [2.05, 4.69) is 19.2 Å². The average molecular weight is 251 g/mol. The van der Waals surface area contributed by atoms with Crippen LogP contribution in [-0.4, -0.2) is 19.7 Å². The molecule has 0 bridgehead atoms. The van der Waals surface area contributed by atoms with Crippen LogP contribution in [0.5, 0.6) is 5.75 Å². The Balaban J connectivity index is 2.18. The summed E-state index contributed by atoms with van der Waals surface area (Å²) in [5, 5.41) is 3.49. The molecule has 1 saturated carbocycles. The highest BCUT2D eigenvalue weighted by Gasteiger charge is 2.36. The molecule has 1 N–H and O–H groups in total. The lowest BCUT2D eigenvalue weighted by Gasteiger charge is -2.25. The van der Waals surface area contributed by atoms with Gasteiger partial charge in [-0.1, -0.05) is 19.9 Å². The molecule has 3 heteroatoms. The molecule has 2 nitrogen and oxygen atoms in total. The molecule has 0 saturated heterocycles. The van der Waals surface area contributed by atoms with Gasteiger partial charge in [-0.25, -0.2) is 4.39 Å². The summed E-state index contributed by atoms with van der Waals surface area (Å²) in [5.74, 6) is 0.0618. The first-order valence-corrected chi connectivity index (χ1v) is 6.66. The van der Waals surface area contributed by atoms with E-state index < -0.39 is 0 Å². The van der Waals surface area contributed by atoms with Gasteiger partial charge in [0.2, 0.25) is 0 Å². The minimum Gasteiger partial charge on any atom is -0.494 e.